The van der Waals surface area contributed by atoms with Gasteiger partial charge >= 0.3 is 0 Å². The lowest BCUT2D eigenvalue weighted by Crippen LogP contribution is -2.31. The summed E-state index contributed by atoms with van der Waals surface area (Å²) in [6.45, 7) is 4.27. The Morgan fingerprint density at radius 2 is 1.68 bits per heavy atom. The molecule has 1 saturated heterocycles. The van der Waals surface area contributed by atoms with Gasteiger partial charge in [0.1, 0.15) is 5.75 Å². The van der Waals surface area contributed by atoms with E-state index in [1.54, 1.807) is 6.07 Å². The van der Waals surface area contributed by atoms with Crippen LogP contribution >= 0.6 is 24.0 Å². The summed E-state index contributed by atoms with van der Waals surface area (Å²) in [4.78, 5) is 2.53. The molecule has 2 aromatic rings. The molecule has 1 heterocycles. The molecule has 136 valence electrons. The summed E-state index contributed by atoms with van der Waals surface area (Å²) in [5.74, 6) is 2.21. The first-order valence-electron chi connectivity index (χ1n) is 8.69. The van der Waals surface area contributed by atoms with Crippen molar-refractivity contribution < 1.29 is 9.47 Å². The molecule has 25 heavy (non-hydrogen) atoms. The van der Waals surface area contributed by atoms with E-state index in [1.165, 1.54) is 32.4 Å². The lowest BCUT2D eigenvalue weighted by molar-refractivity contribution is 0.203. The number of ether oxygens (including phenoxy) is 2. The van der Waals surface area contributed by atoms with E-state index in [0.29, 0.717) is 17.4 Å². The van der Waals surface area contributed by atoms with Crippen LogP contribution in [0.25, 0.3) is 0 Å². The Balaban J connectivity index is 0.00000225. The molecular formula is C20H25Cl2NO2. The first-order valence-corrected chi connectivity index (χ1v) is 9.07. The van der Waals surface area contributed by atoms with Crippen molar-refractivity contribution in [3.63, 3.8) is 0 Å². The fourth-order valence-electron chi connectivity index (χ4n) is 2.96. The zero-order valence-electron chi connectivity index (χ0n) is 14.3. The first kappa shape index (κ1) is 19.9. The van der Waals surface area contributed by atoms with E-state index >= 15 is 0 Å². The maximum Gasteiger partial charge on any atom is 0.169 e. The highest BCUT2D eigenvalue weighted by Crippen LogP contribution is 2.32. The van der Waals surface area contributed by atoms with Gasteiger partial charge in [-0.1, -0.05) is 36.2 Å². The zero-order valence-corrected chi connectivity index (χ0v) is 15.9. The first-order chi connectivity index (χ1) is 11.8. The molecule has 0 bridgehead atoms. The quantitative estimate of drug-likeness (QED) is 0.564. The Kier molecular flexibility index (Phi) is 8.39. The summed E-state index contributed by atoms with van der Waals surface area (Å²) >= 11 is 6.01. The highest BCUT2D eigenvalue weighted by Gasteiger charge is 2.10. The van der Waals surface area contributed by atoms with Gasteiger partial charge < -0.3 is 14.4 Å². The van der Waals surface area contributed by atoms with Crippen molar-refractivity contribution in [3.8, 4) is 17.2 Å². The van der Waals surface area contributed by atoms with E-state index in [9.17, 15) is 0 Å². The zero-order chi connectivity index (χ0) is 16.6. The third-order valence-electron chi connectivity index (χ3n) is 4.20. The van der Waals surface area contributed by atoms with Crippen molar-refractivity contribution in [3.05, 3.63) is 53.6 Å². The molecule has 0 aromatic heterocycles. The predicted octanol–water partition coefficient (Wildman–Crippen LogP) is 5.81. The van der Waals surface area contributed by atoms with Gasteiger partial charge in [0, 0.05) is 11.6 Å². The van der Waals surface area contributed by atoms with Gasteiger partial charge in [0.2, 0.25) is 0 Å². The monoisotopic (exact) mass is 381 g/mol. The van der Waals surface area contributed by atoms with Crippen molar-refractivity contribution >= 4 is 24.0 Å². The maximum atomic E-state index is 6.01. The summed E-state index contributed by atoms with van der Waals surface area (Å²) < 4.78 is 11.9. The lowest BCUT2D eigenvalue weighted by atomic mass is 10.1. The molecule has 0 N–H and O–H groups in total. The van der Waals surface area contributed by atoms with Crippen molar-refractivity contribution in [1.29, 1.82) is 0 Å². The summed E-state index contributed by atoms with van der Waals surface area (Å²) in [6, 6.07) is 15.2. The van der Waals surface area contributed by atoms with Gasteiger partial charge in [-0.3, -0.25) is 0 Å². The van der Waals surface area contributed by atoms with Crippen LogP contribution in [-0.2, 0) is 0 Å². The standard InChI is InChI=1S/C20H24ClNO2.ClH/c21-17-8-6-9-18(16-17)24-20-11-3-2-10-19(20)23-15-7-14-22-12-4-1-5-13-22;/h2-3,6,8-11,16H,1,4-5,7,12-15H2;1H. The van der Waals surface area contributed by atoms with Crippen molar-refractivity contribution in [2.45, 2.75) is 25.7 Å². The highest BCUT2D eigenvalue weighted by atomic mass is 35.5. The van der Waals surface area contributed by atoms with Crippen LogP contribution in [0.3, 0.4) is 0 Å². The molecule has 2 aromatic carbocycles. The Hall–Kier alpha value is -1.42. The third-order valence-corrected chi connectivity index (χ3v) is 4.43. The van der Waals surface area contributed by atoms with Crippen LogP contribution in [0, 0.1) is 0 Å². The van der Waals surface area contributed by atoms with Gasteiger partial charge in [-0.2, -0.15) is 0 Å². The number of likely N-dealkylation sites (tertiary alicyclic amines) is 1. The van der Waals surface area contributed by atoms with Crippen LogP contribution in [0.4, 0.5) is 0 Å². The fourth-order valence-corrected chi connectivity index (χ4v) is 3.14. The van der Waals surface area contributed by atoms with Crippen molar-refractivity contribution in [2.75, 3.05) is 26.2 Å². The van der Waals surface area contributed by atoms with Crippen LogP contribution < -0.4 is 9.47 Å². The molecule has 1 aliphatic heterocycles. The van der Waals surface area contributed by atoms with Gasteiger partial charge in [0.15, 0.2) is 11.5 Å². The number of benzene rings is 2. The number of nitrogens with zero attached hydrogens (tertiary/aromatic N) is 1. The van der Waals surface area contributed by atoms with Gasteiger partial charge in [-0.25, -0.2) is 0 Å². The molecule has 0 unspecified atom stereocenters. The number of halogens is 2. The Morgan fingerprint density at radius 3 is 2.44 bits per heavy atom. The molecule has 0 atom stereocenters. The number of hydrogen-bond acceptors (Lipinski definition) is 3. The minimum absolute atomic E-state index is 0. The van der Waals surface area contributed by atoms with Gasteiger partial charge in [-0.05, 0) is 62.7 Å². The molecule has 5 heteroatoms. The summed E-state index contributed by atoms with van der Waals surface area (Å²) in [6.07, 6.45) is 5.07. The van der Waals surface area contributed by atoms with Crippen LogP contribution in [0.1, 0.15) is 25.7 Å². The second kappa shape index (κ2) is 10.5. The van der Waals surface area contributed by atoms with E-state index in [-0.39, 0.29) is 12.4 Å². The topological polar surface area (TPSA) is 21.7 Å². The maximum absolute atomic E-state index is 6.01. The molecule has 3 rings (SSSR count). The van der Waals surface area contributed by atoms with Crippen LogP contribution in [0.5, 0.6) is 17.2 Å². The van der Waals surface area contributed by atoms with Crippen molar-refractivity contribution in [1.82, 2.24) is 4.90 Å². The highest BCUT2D eigenvalue weighted by molar-refractivity contribution is 6.30. The molecular weight excluding hydrogens is 357 g/mol. The van der Waals surface area contributed by atoms with E-state index in [4.69, 9.17) is 21.1 Å². The average Bonchev–Trinajstić information content (AvgIpc) is 2.61. The van der Waals surface area contributed by atoms with Crippen LogP contribution in [0.2, 0.25) is 5.02 Å². The van der Waals surface area contributed by atoms with E-state index in [1.807, 2.05) is 42.5 Å². The molecule has 0 spiro atoms. The normalized spacial score (nSPS) is 14.6. The second-order valence-corrected chi connectivity index (χ2v) is 6.55. The molecule has 1 aliphatic rings. The number of hydrogen-bond donors (Lipinski definition) is 0. The molecule has 0 amide bonds. The third kappa shape index (κ3) is 6.43. The molecule has 0 saturated carbocycles. The van der Waals surface area contributed by atoms with Crippen molar-refractivity contribution in [2.24, 2.45) is 0 Å². The molecule has 0 aliphatic carbocycles. The van der Waals surface area contributed by atoms with Gasteiger partial charge in [-0.15, -0.1) is 12.4 Å². The predicted molar refractivity (Wildman–Crippen MR) is 106 cm³/mol. The summed E-state index contributed by atoms with van der Waals surface area (Å²) in [7, 11) is 0. The average molecular weight is 382 g/mol. The Labute approximate surface area is 161 Å². The van der Waals surface area contributed by atoms with Gasteiger partial charge in [0.25, 0.3) is 0 Å². The van der Waals surface area contributed by atoms with Crippen LogP contribution in [0.15, 0.2) is 48.5 Å². The van der Waals surface area contributed by atoms with Crippen LogP contribution in [-0.4, -0.2) is 31.1 Å². The summed E-state index contributed by atoms with van der Waals surface area (Å²) in [5, 5.41) is 0.660. The SMILES string of the molecule is Cl.Clc1cccc(Oc2ccccc2OCCCN2CCCCC2)c1. The molecule has 1 fully saturated rings. The number of rotatable bonds is 7. The largest absolute Gasteiger partial charge is 0.490 e. The Bertz CT molecular complexity index is 645. The van der Waals surface area contributed by atoms with Gasteiger partial charge in [0.05, 0.1) is 6.61 Å². The Morgan fingerprint density at radius 1 is 0.920 bits per heavy atom. The lowest BCUT2D eigenvalue weighted by Gasteiger charge is -2.26. The smallest absolute Gasteiger partial charge is 0.169 e. The number of para-hydroxylation sites is 2. The second-order valence-electron chi connectivity index (χ2n) is 6.11. The van der Waals surface area contributed by atoms with E-state index in [0.717, 1.165) is 24.5 Å². The molecule has 0 radical (unpaired) electrons. The fraction of sp³-hybridized carbons (Fsp3) is 0.400. The summed E-state index contributed by atoms with van der Waals surface area (Å²) in [5.41, 5.74) is 0. The minimum Gasteiger partial charge on any atom is -0.490 e. The van der Waals surface area contributed by atoms with E-state index < -0.39 is 0 Å². The minimum atomic E-state index is 0. The number of piperidine rings is 1. The molecule has 3 nitrogen and oxygen atoms in total. The van der Waals surface area contributed by atoms with E-state index in [2.05, 4.69) is 4.90 Å².